The van der Waals surface area contributed by atoms with Gasteiger partial charge in [-0.25, -0.2) is 0 Å². The molecular formula is C18H21NO5S. The third kappa shape index (κ3) is 5.70. The van der Waals surface area contributed by atoms with E-state index in [1.807, 2.05) is 30.3 Å². The van der Waals surface area contributed by atoms with Gasteiger partial charge in [0.05, 0.1) is 17.4 Å². The van der Waals surface area contributed by atoms with Gasteiger partial charge in [-0.2, -0.15) is 0 Å². The molecule has 1 aromatic rings. The lowest BCUT2D eigenvalue weighted by Gasteiger charge is -2.31. The molecule has 25 heavy (non-hydrogen) atoms. The van der Waals surface area contributed by atoms with Crippen molar-refractivity contribution in [1.82, 2.24) is 4.90 Å². The fourth-order valence-corrected chi connectivity index (χ4v) is 3.47. The summed E-state index contributed by atoms with van der Waals surface area (Å²) in [5, 5.41) is 8.54. The summed E-state index contributed by atoms with van der Waals surface area (Å²) in [6, 6.07) is 9.40. The number of amides is 2. The second-order valence-corrected chi connectivity index (χ2v) is 6.90. The van der Waals surface area contributed by atoms with Crippen LogP contribution in [0.2, 0.25) is 0 Å². The quantitative estimate of drug-likeness (QED) is 0.676. The Kier molecular flexibility index (Phi) is 7.18. The van der Waals surface area contributed by atoms with Crippen LogP contribution in [0.25, 0.3) is 0 Å². The Morgan fingerprint density at radius 2 is 1.88 bits per heavy atom. The number of carboxylic acids is 1. The number of piperidine rings is 1. The summed E-state index contributed by atoms with van der Waals surface area (Å²) in [4.78, 5) is 48.0. The number of hydrogen-bond donors (Lipinski definition) is 1. The summed E-state index contributed by atoms with van der Waals surface area (Å²) >= 11 is 1.06. The molecular weight excluding hydrogens is 342 g/mol. The Hall–Kier alpha value is -2.15. The van der Waals surface area contributed by atoms with Crippen molar-refractivity contribution in [2.75, 3.05) is 18.1 Å². The van der Waals surface area contributed by atoms with Crippen LogP contribution in [0.4, 0.5) is 0 Å². The van der Waals surface area contributed by atoms with Crippen LogP contribution in [0, 0.1) is 0 Å². The van der Waals surface area contributed by atoms with Crippen LogP contribution < -0.4 is 0 Å². The van der Waals surface area contributed by atoms with E-state index in [4.69, 9.17) is 5.11 Å². The topological polar surface area (TPSA) is 91.8 Å². The number of thioether (sulfide) groups is 1. The van der Waals surface area contributed by atoms with Crippen molar-refractivity contribution < 1.29 is 24.3 Å². The number of aliphatic carboxylic acids is 1. The van der Waals surface area contributed by atoms with E-state index >= 15 is 0 Å². The van der Waals surface area contributed by atoms with Gasteiger partial charge in [-0.05, 0) is 18.4 Å². The van der Waals surface area contributed by atoms with Crippen molar-refractivity contribution in [2.45, 2.75) is 31.6 Å². The minimum absolute atomic E-state index is 0.0669. The first-order valence-corrected chi connectivity index (χ1v) is 9.35. The molecule has 2 amide bonds. The summed E-state index contributed by atoms with van der Waals surface area (Å²) in [6.45, 7) is 0.232. The molecule has 0 aliphatic carbocycles. The molecule has 1 aliphatic heterocycles. The fraction of sp³-hybridized carbons (Fsp3) is 0.444. The third-order valence-electron chi connectivity index (χ3n) is 4.04. The van der Waals surface area contributed by atoms with E-state index in [0.29, 0.717) is 19.3 Å². The van der Waals surface area contributed by atoms with E-state index < -0.39 is 5.97 Å². The van der Waals surface area contributed by atoms with Crippen LogP contribution in [0.15, 0.2) is 30.3 Å². The highest BCUT2D eigenvalue weighted by Gasteiger charge is 2.34. The van der Waals surface area contributed by atoms with Crippen molar-refractivity contribution in [2.24, 2.45) is 0 Å². The fourth-order valence-electron chi connectivity index (χ4n) is 2.83. The molecule has 1 atom stereocenters. The molecule has 1 saturated heterocycles. The van der Waals surface area contributed by atoms with Crippen molar-refractivity contribution in [3.05, 3.63) is 35.9 Å². The lowest BCUT2D eigenvalue weighted by atomic mass is 9.89. The normalized spacial score (nSPS) is 17.6. The highest BCUT2D eigenvalue weighted by Crippen LogP contribution is 2.28. The van der Waals surface area contributed by atoms with Crippen molar-refractivity contribution >= 4 is 35.3 Å². The first-order valence-electron chi connectivity index (χ1n) is 8.19. The van der Waals surface area contributed by atoms with Gasteiger partial charge < -0.3 is 5.11 Å². The number of Topliss-reactive ketones (excluding diaryl/α,β-unsaturated/α-hetero) is 1. The Balaban J connectivity index is 1.83. The zero-order valence-corrected chi connectivity index (χ0v) is 14.7. The van der Waals surface area contributed by atoms with Gasteiger partial charge in [0.15, 0.2) is 0 Å². The second kappa shape index (κ2) is 9.36. The van der Waals surface area contributed by atoms with E-state index in [-0.39, 0.29) is 48.0 Å². The van der Waals surface area contributed by atoms with Crippen molar-refractivity contribution in [1.29, 1.82) is 0 Å². The molecule has 1 aromatic carbocycles. The maximum absolute atomic E-state index is 12.6. The molecule has 1 fully saturated rings. The van der Waals surface area contributed by atoms with Gasteiger partial charge in [0.25, 0.3) is 0 Å². The number of ketones is 1. The number of carbonyl (C=O) groups is 4. The average Bonchev–Trinajstić information content (AvgIpc) is 2.58. The first-order chi connectivity index (χ1) is 12.0. The van der Waals surface area contributed by atoms with Crippen LogP contribution in [0.1, 0.15) is 37.2 Å². The van der Waals surface area contributed by atoms with E-state index in [1.165, 1.54) is 4.90 Å². The molecule has 0 saturated carbocycles. The Morgan fingerprint density at radius 3 is 2.56 bits per heavy atom. The van der Waals surface area contributed by atoms with Crippen LogP contribution in [-0.4, -0.2) is 51.6 Å². The molecule has 2 rings (SSSR count). The van der Waals surface area contributed by atoms with Gasteiger partial charge in [-0.1, -0.05) is 30.3 Å². The van der Waals surface area contributed by atoms with Crippen LogP contribution in [0.3, 0.4) is 0 Å². The molecule has 1 aliphatic rings. The largest absolute Gasteiger partial charge is 0.481 e. The molecule has 0 spiro atoms. The van der Waals surface area contributed by atoms with Crippen LogP contribution >= 0.6 is 11.8 Å². The molecule has 1 N–H and O–H groups in total. The molecule has 0 radical (unpaired) electrons. The Labute approximate surface area is 150 Å². The van der Waals surface area contributed by atoms with Gasteiger partial charge in [0.2, 0.25) is 11.8 Å². The van der Waals surface area contributed by atoms with Gasteiger partial charge >= 0.3 is 5.97 Å². The molecule has 1 heterocycles. The number of nitrogens with zero attached hydrogens (tertiary/aromatic N) is 1. The van der Waals surface area contributed by atoms with E-state index in [9.17, 15) is 19.2 Å². The van der Waals surface area contributed by atoms with Gasteiger partial charge in [-0.15, -0.1) is 11.8 Å². The van der Waals surface area contributed by atoms with E-state index in [0.717, 1.165) is 17.3 Å². The van der Waals surface area contributed by atoms with Crippen LogP contribution in [0.5, 0.6) is 0 Å². The molecule has 1 unspecified atom stereocenters. The Bertz CT molecular complexity index is 646. The first kappa shape index (κ1) is 19.2. The summed E-state index contributed by atoms with van der Waals surface area (Å²) < 4.78 is 0. The van der Waals surface area contributed by atoms with E-state index in [1.54, 1.807) is 0 Å². The van der Waals surface area contributed by atoms with E-state index in [2.05, 4.69) is 0 Å². The molecule has 7 heteroatoms. The maximum Gasteiger partial charge on any atom is 0.313 e. The lowest BCUT2D eigenvalue weighted by molar-refractivity contribution is -0.149. The smallest absolute Gasteiger partial charge is 0.313 e. The SMILES string of the molecule is O=C(O)CSCC(=O)CCCN1C(=O)CCC(c2ccccc2)C1=O. The zero-order chi connectivity index (χ0) is 18.2. The predicted molar refractivity (Wildman–Crippen MR) is 94.3 cm³/mol. The molecule has 0 bridgehead atoms. The number of carboxylic acid groups (broad SMARTS) is 1. The van der Waals surface area contributed by atoms with Gasteiger partial charge in [-0.3, -0.25) is 24.1 Å². The zero-order valence-electron chi connectivity index (χ0n) is 13.8. The maximum atomic E-state index is 12.6. The van der Waals surface area contributed by atoms with Gasteiger partial charge in [0, 0.05) is 19.4 Å². The lowest BCUT2D eigenvalue weighted by Crippen LogP contribution is -2.44. The standard InChI is InChI=1S/C18H21NO5S/c20-14(11-25-12-17(22)23)7-4-10-19-16(21)9-8-15(18(19)24)13-5-2-1-3-6-13/h1-3,5-6,15H,4,7-12H2,(H,22,23). The van der Waals surface area contributed by atoms with Crippen LogP contribution in [-0.2, 0) is 19.2 Å². The number of imide groups is 1. The summed E-state index contributed by atoms with van der Waals surface area (Å²) in [6.07, 6.45) is 1.49. The third-order valence-corrected chi connectivity index (χ3v) is 5.02. The number of hydrogen-bond acceptors (Lipinski definition) is 5. The molecule has 134 valence electrons. The number of benzene rings is 1. The minimum atomic E-state index is -0.950. The molecule has 0 aromatic heterocycles. The number of rotatable bonds is 9. The van der Waals surface area contributed by atoms with Crippen molar-refractivity contribution in [3.8, 4) is 0 Å². The van der Waals surface area contributed by atoms with Gasteiger partial charge in [0.1, 0.15) is 5.78 Å². The second-order valence-electron chi connectivity index (χ2n) is 5.91. The predicted octanol–water partition coefficient (Wildman–Crippen LogP) is 2.09. The number of carbonyl (C=O) groups excluding carboxylic acids is 3. The van der Waals surface area contributed by atoms with Crippen molar-refractivity contribution in [3.63, 3.8) is 0 Å². The monoisotopic (exact) mass is 363 g/mol. The average molecular weight is 363 g/mol. The highest BCUT2D eigenvalue weighted by molar-refractivity contribution is 8.00. The Morgan fingerprint density at radius 1 is 1.16 bits per heavy atom. The summed E-state index contributed by atoms with van der Waals surface area (Å²) in [5.74, 6) is -1.67. The highest BCUT2D eigenvalue weighted by atomic mass is 32.2. The number of likely N-dealkylation sites (tertiary alicyclic amines) is 1. The minimum Gasteiger partial charge on any atom is -0.481 e. The summed E-state index contributed by atoms with van der Waals surface area (Å²) in [5.41, 5.74) is 0.908. The molecule has 6 nitrogen and oxygen atoms in total. The summed E-state index contributed by atoms with van der Waals surface area (Å²) in [7, 11) is 0.